The van der Waals surface area contributed by atoms with Crippen molar-refractivity contribution >= 4 is 39.1 Å². The first-order valence-electron chi connectivity index (χ1n) is 13.6. The van der Waals surface area contributed by atoms with Crippen LogP contribution in [0.4, 0.5) is 5.69 Å². The van der Waals surface area contributed by atoms with E-state index in [-0.39, 0.29) is 23.1 Å². The van der Waals surface area contributed by atoms with Crippen LogP contribution < -0.4 is 19.1 Å². The Bertz CT molecular complexity index is 1460. The number of amides is 2. The summed E-state index contributed by atoms with van der Waals surface area (Å²) in [6.45, 7) is 5.55. The molecule has 42 heavy (non-hydrogen) atoms. The minimum absolute atomic E-state index is 0.0799. The molecule has 0 unspecified atom stereocenters. The Balaban J connectivity index is 2.03. The van der Waals surface area contributed by atoms with Gasteiger partial charge in [0.1, 0.15) is 12.6 Å². The SMILES string of the molecule is CCCCNC(=O)[C@H](C)N(Cc1ccc(Cl)cc1)C(=O)CN(c1ccc(C)cc1)S(=O)(=O)c1ccc(OC)c(OC)c1. The van der Waals surface area contributed by atoms with Crippen LogP contribution in [-0.2, 0) is 26.2 Å². The second kappa shape index (κ2) is 14.9. The molecule has 3 aromatic carbocycles. The van der Waals surface area contributed by atoms with E-state index in [0.29, 0.717) is 23.0 Å². The molecule has 9 nitrogen and oxygen atoms in total. The van der Waals surface area contributed by atoms with Gasteiger partial charge in [-0.15, -0.1) is 0 Å². The molecule has 0 heterocycles. The van der Waals surface area contributed by atoms with Crippen molar-refractivity contribution < 1.29 is 27.5 Å². The Morgan fingerprint density at radius 3 is 2.19 bits per heavy atom. The van der Waals surface area contributed by atoms with Gasteiger partial charge in [-0.3, -0.25) is 13.9 Å². The van der Waals surface area contributed by atoms with E-state index >= 15 is 0 Å². The highest BCUT2D eigenvalue weighted by Crippen LogP contribution is 2.32. The lowest BCUT2D eigenvalue weighted by Crippen LogP contribution is -2.51. The predicted molar refractivity (Wildman–Crippen MR) is 165 cm³/mol. The molecule has 11 heteroatoms. The number of ether oxygens (including phenoxy) is 2. The number of nitrogens with one attached hydrogen (secondary N) is 1. The highest BCUT2D eigenvalue weighted by atomic mass is 35.5. The minimum atomic E-state index is -4.26. The zero-order valence-electron chi connectivity index (χ0n) is 24.6. The van der Waals surface area contributed by atoms with Gasteiger partial charge in [0.15, 0.2) is 11.5 Å². The molecule has 0 saturated heterocycles. The van der Waals surface area contributed by atoms with E-state index in [9.17, 15) is 18.0 Å². The topological polar surface area (TPSA) is 105 Å². The zero-order chi connectivity index (χ0) is 30.9. The van der Waals surface area contributed by atoms with E-state index < -0.39 is 28.5 Å². The highest BCUT2D eigenvalue weighted by Gasteiger charge is 2.33. The second-order valence-electron chi connectivity index (χ2n) is 9.83. The zero-order valence-corrected chi connectivity index (χ0v) is 26.2. The van der Waals surface area contributed by atoms with E-state index in [1.807, 2.05) is 13.8 Å². The number of benzene rings is 3. The first-order valence-corrected chi connectivity index (χ1v) is 15.5. The summed E-state index contributed by atoms with van der Waals surface area (Å²) in [6.07, 6.45) is 1.70. The summed E-state index contributed by atoms with van der Waals surface area (Å²) in [7, 11) is -1.39. The number of halogens is 1. The predicted octanol–water partition coefficient (Wildman–Crippen LogP) is 5.19. The van der Waals surface area contributed by atoms with Crippen molar-refractivity contribution in [1.29, 1.82) is 0 Å². The summed E-state index contributed by atoms with van der Waals surface area (Å²) in [6, 6.07) is 17.1. The molecule has 3 aromatic rings. The first kappa shape index (κ1) is 32.8. The molecule has 0 spiro atoms. The lowest BCUT2D eigenvalue weighted by Gasteiger charge is -2.32. The van der Waals surface area contributed by atoms with Crippen LogP contribution in [0.1, 0.15) is 37.8 Å². The molecule has 0 fully saturated rings. The number of sulfonamides is 1. The summed E-state index contributed by atoms with van der Waals surface area (Å²) in [5.41, 5.74) is 1.97. The van der Waals surface area contributed by atoms with Gasteiger partial charge in [0.25, 0.3) is 10.0 Å². The number of carbonyl (C=O) groups is 2. The van der Waals surface area contributed by atoms with Crippen LogP contribution in [0.25, 0.3) is 0 Å². The summed E-state index contributed by atoms with van der Waals surface area (Å²) >= 11 is 6.06. The summed E-state index contributed by atoms with van der Waals surface area (Å²) in [4.78, 5) is 28.4. The van der Waals surface area contributed by atoms with Crippen LogP contribution in [0.15, 0.2) is 71.6 Å². The van der Waals surface area contributed by atoms with E-state index in [0.717, 1.165) is 28.3 Å². The molecule has 0 radical (unpaired) electrons. The Morgan fingerprint density at radius 1 is 0.952 bits per heavy atom. The average molecular weight is 616 g/mol. The first-order chi connectivity index (χ1) is 20.0. The molecule has 0 aliphatic carbocycles. The largest absolute Gasteiger partial charge is 0.493 e. The van der Waals surface area contributed by atoms with Gasteiger partial charge in [0, 0.05) is 24.2 Å². The fourth-order valence-corrected chi connectivity index (χ4v) is 5.81. The van der Waals surface area contributed by atoms with Crippen molar-refractivity contribution in [2.75, 3.05) is 31.6 Å². The Kier molecular flexibility index (Phi) is 11.6. The number of rotatable bonds is 14. The number of methoxy groups -OCH3 is 2. The normalized spacial score (nSPS) is 11.9. The van der Waals surface area contributed by atoms with E-state index in [2.05, 4.69) is 5.32 Å². The van der Waals surface area contributed by atoms with Crippen LogP contribution >= 0.6 is 11.6 Å². The van der Waals surface area contributed by atoms with Gasteiger partial charge >= 0.3 is 0 Å². The van der Waals surface area contributed by atoms with Gasteiger partial charge in [-0.05, 0) is 62.2 Å². The molecule has 2 amide bonds. The van der Waals surface area contributed by atoms with Crippen molar-refractivity contribution in [2.45, 2.75) is 51.1 Å². The fourth-order valence-electron chi connectivity index (χ4n) is 4.25. The number of nitrogens with zero attached hydrogens (tertiary/aromatic N) is 2. The van der Waals surface area contributed by atoms with Crippen LogP contribution in [0.5, 0.6) is 11.5 Å². The van der Waals surface area contributed by atoms with E-state index in [1.54, 1.807) is 55.5 Å². The third kappa shape index (κ3) is 8.17. The number of aryl methyl sites for hydroxylation is 1. The number of hydrogen-bond acceptors (Lipinski definition) is 6. The maximum atomic E-state index is 14.1. The molecule has 1 atom stereocenters. The Morgan fingerprint density at radius 2 is 1.60 bits per heavy atom. The van der Waals surface area contributed by atoms with Gasteiger partial charge in [0.2, 0.25) is 11.8 Å². The summed E-state index contributed by atoms with van der Waals surface area (Å²) in [5, 5.41) is 3.41. The molecular formula is C31H38ClN3O6S. The number of anilines is 1. The van der Waals surface area contributed by atoms with Crippen LogP contribution in [0.2, 0.25) is 5.02 Å². The molecule has 0 saturated carbocycles. The van der Waals surface area contributed by atoms with Gasteiger partial charge in [0.05, 0.1) is 24.8 Å². The van der Waals surface area contributed by atoms with E-state index in [1.165, 1.54) is 37.3 Å². The van der Waals surface area contributed by atoms with Crippen molar-refractivity contribution in [3.8, 4) is 11.5 Å². The maximum Gasteiger partial charge on any atom is 0.264 e. The van der Waals surface area contributed by atoms with Crippen molar-refractivity contribution in [3.05, 3.63) is 82.9 Å². The molecule has 0 aromatic heterocycles. The molecule has 0 aliphatic heterocycles. The number of carbonyl (C=O) groups excluding carboxylic acids is 2. The number of unbranched alkanes of at least 4 members (excludes halogenated alkanes) is 1. The smallest absolute Gasteiger partial charge is 0.264 e. The van der Waals surface area contributed by atoms with Crippen LogP contribution in [-0.4, -0.2) is 58.5 Å². The lowest BCUT2D eigenvalue weighted by molar-refractivity contribution is -0.139. The van der Waals surface area contributed by atoms with Gasteiger partial charge < -0.3 is 19.7 Å². The van der Waals surface area contributed by atoms with Crippen LogP contribution in [0.3, 0.4) is 0 Å². The third-order valence-corrected chi connectivity index (χ3v) is 8.83. The number of hydrogen-bond donors (Lipinski definition) is 1. The van der Waals surface area contributed by atoms with Gasteiger partial charge in [-0.25, -0.2) is 8.42 Å². The molecule has 0 bridgehead atoms. The van der Waals surface area contributed by atoms with Crippen LogP contribution in [0, 0.1) is 6.92 Å². The molecule has 226 valence electrons. The second-order valence-corrected chi connectivity index (χ2v) is 12.1. The average Bonchev–Trinajstić information content (AvgIpc) is 2.99. The molecular weight excluding hydrogens is 578 g/mol. The maximum absolute atomic E-state index is 14.1. The van der Waals surface area contributed by atoms with Crippen molar-refractivity contribution in [3.63, 3.8) is 0 Å². The highest BCUT2D eigenvalue weighted by molar-refractivity contribution is 7.92. The fraction of sp³-hybridized carbons (Fsp3) is 0.355. The van der Waals surface area contributed by atoms with Crippen molar-refractivity contribution in [2.24, 2.45) is 0 Å². The Hall–Kier alpha value is -3.76. The third-order valence-electron chi connectivity index (χ3n) is 6.81. The standard InChI is InChI=1S/C31H38ClN3O6S/c1-6-7-18-33-31(37)23(3)34(20-24-10-12-25(32)13-11-24)30(36)21-35(26-14-8-22(2)9-15-26)42(38,39)27-16-17-28(40-4)29(19-27)41-5/h8-17,19,23H,6-7,18,20-21H2,1-5H3,(H,33,37)/t23-/m0/s1. The van der Waals surface area contributed by atoms with Gasteiger partial charge in [-0.2, -0.15) is 0 Å². The van der Waals surface area contributed by atoms with Crippen molar-refractivity contribution in [1.82, 2.24) is 10.2 Å². The quantitative estimate of drug-likeness (QED) is 0.250. The molecule has 0 aliphatic rings. The van der Waals surface area contributed by atoms with E-state index in [4.69, 9.17) is 21.1 Å². The lowest BCUT2D eigenvalue weighted by atomic mass is 10.1. The summed E-state index contributed by atoms with van der Waals surface area (Å²) < 4.78 is 39.8. The Labute approximate surface area is 253 Å². The molecule has 3 rings (SSSR count). The van der Waals surface area contributed by atoms with Gasteiger partial charge in [-0.1, -0.05) is 54.8 Å². The minimum Gasteiger partial charge on any atom is -0.493 e. The molecule has 1 N–H and O–H groups in total. The monoisotopic (exact) mass is 615 g/mol. The summed E-state index contributed by atoms with van der Waals surface area (Å²) in [5.74, 6) is -0.273.